The van der Waals surface area contributed by atoms with E-state index in [0.29, 0.717) is 12.4 Å². The number of nitrogens with zero attached hydrogens (tertiary/aromatic N) is 2. The number of carboxylic acid groups (broad SMARTS) is 1. The van der Waals surface area contributed by atoms with Crippen LogP contribution in [0.25, 0.3) is 0 Å². The number of anilines is 1. The number of amides is 1. The lowest BCUT2D eigenvalue weighted by Gasteiger charge is -2.15. The highest BCUT2D eigenvalue weighted by molar-refractivity contribution is 9.10. The lowest BCUT2D eigenvalue weighted by Crippen LogP contribution is -2.29. The van der Waals surface area contributed by atoms with Gasteiger partial charge in [-0.3, -0.25) is 4.90 Å². The van der Waals surface area contributed by atoms with Crippen LogP contribution >= 0.6 is 15.9 Å². The van der Waals surface area contributed by atoms with Gasteiger partial charge in [0.15, 0.2) is 0 Å². The molecule has 0 fully saturated rings. The van der Waals surface area contributed by atoms with Gasteiger partial charge in [-0.2, -0.15) is 0 Å². The molecule has 0 unspecified atom stereocenters. The SMILES string of the molecule is CCN(C(=O)O)c1cc(Br)ccn1. The van der Waals surface area contributed by atoms with Gasteiger partial charge in [0.1, 0.15) is 5.82 Å². The topological polar surface area (TPSA) is 53.4 Å². The van der Waals surface area contributed by atoms with E-state index in [9.17, 15) is 4.79 Å². The van der Waals surface area contributed by atoms with Crippen molar-refractivity contribution in [2.45, 2.75) is 6.92 Å². The highest BCUT2D eigenvalue weighted by Gasteiger charge is 2.12. The second kappa shape index (κ2) is 4.23. The van der Waals surface area contributed by atoms with Crippen molar-refractivity contribution in [1.82, 2.24) is 4.98 Å². The largest absolute Gasteiger partial charge is 0.465 e. The number of pyridine rings is 1. The molecule has 5 heteroatoms. The third-order valence-electron chi connectivity index (χ3n) is 1.53. The molecule has 0 spiro atoms. The predicted octanol–water partition coefficient (Wildman–Crippen LogP) is 2.35. The highest BCUT2D eigenvalue weighted by atomic mass is 79.9. The fourth-order valence-corrected chi connectivity index (χ4v) is 1.26. The van der Waals surface area contributed by atoms with Gasteiger partial charge in [-0.25, -0.2) is 9.78 Å². The molecule has 1 heterocycles. The number of halogens is 1. The lowest BCUT2D eigenvalue weighted by molar-refractivity contribution is 0.202. The standard InChI is InChI=1S/C8H9BrN2O2/c1-2-11(8(12)13)7-5-6(9)3-4-10-7/h3-5H,2H2,1H3,(H,12,13). The first-order chi connectivity index (χ1) is 6.15. The quantitative estimate of drug-likeness (QED) is 0.869. The Hall–Kier alpha value is -1.10. The van der Waals surface area contributed by atoms with Crippen molar-refractivity contribution in [1.29, 1.82) is 0 Å². The van der Waals surface area contributed by atoms with E-state index in [0.717, 1.165) is 4.47 Å². The first-order valence-corrected chi connectivity index (χ1v) is 4.56. The van der Waals surface area contributed by atoms with E-state index in [4.69, 9.17) is 5.11 Å². The molecule has 70 valence electrons. The Morgan fingerprint density at radius 3 is 2.92 bits per heavy atom. The van der Waals surface area contributed by atoms with Crippen molar-refractivity contribution in [3.05, 3.63) is 22.8 Å². The highest BCUT2D eigenvalue weighted by Crippen LogP contribution is 2.16. The summed E-state index contributed by atoms with van der Waals surface area (Å²) in [5, 5.41) is 8.79. The number of rotatable bonds is 2. The van der Waals surface area contributed by atoms with Crippen LogP contribution in [0.3, 0.4) is 0 Å². The van der Waals surface area contributed by atoms with Gasteiger partial charge >= 0.3 is 6.09 Å². The molecule has 0 radical (unpaired) electrons. The summed E-state index contributed by atoms with van der Waals surface area (Å²) in [5.74, 6) is 0.435. The Bertz CT molecular complexity index is 317. The van der Waals surface area contributed by atoms with Crippen LogP contribution in [0.2, 0.25) is 0 Å². The summed E-state index contributed by atoms with van der Waals surface area (Å²) in [6.07, 6.45) is 0.568. The summed E-state index contributed by atoms with van der Waals surface area (Å²) in [7, 11) is 0. The van der Waals surface area contributed by atoms with Gasteiger partial charge in [0.25, 0.3) is 0 Å². The zero-order valence-electron chi connectivity index (χ0n) is 7.07. The van der Waals surface area contributed by atoms with Crippen LogP contribution in [0.5, 0.6) is 0 Å². The summed E-state index contributed by atoms with van der Waals surface area (Å²) < 4.78 is 0.817. The maximum Gasteiger partial charge on any atom is 0.412 e. The molecule has 1 N–H and O–H groups in total. The van der Waals surface area contributed by atoms with Gasteiger partial charge in [0.05, 0.1) is 0 Å². The molecule has 1 amide bonds. The van der Waals surface area contributed by atoms with E-state index in [1.807, 2.05) is 0 Å². The molecule has 0 aliphatic rings. The summed E-state index contributed by atoms with van der Waals surface area (Å²) in [6.45, 7) is 2.15. The Morgan fingerprint density at radius 1 is 1.77 bits per heavy atom. The minimum absolute atomic E-state index is 0.388. The molecule has 0 bridgehead atoms. The monoisotopic (exact) mass is 244 g/mol. The average molecular weight is 245 g/mol. The van der Waals surface area contributed by atoms with Crippen LogP contribution in [0.4, 0.5) is 10.6 Å². The summed E-state index contributed by atoms with van der Waals surface area (Å²) >= 11 is 3.25. The molecular formula is C8H9BrN2O2. The fourth-order valence-electron chi connectivity index (χ4n) is 0.936. The predicted molar refractivity (Wildman–Crippen MR) is 53.0 cm³/mol. The zero-order valence-corrected chi connectivity index (χ0v) is 8.65. The Kier molecular flexibility index (Phi) is 3.25. The maximum atomic E-state index is 10.7. The normalized spacial score (nSPS) is 9.69. The fraction of sp³-hybridized carbons (Fsp3) is 0.250. The number of carbonyl (C=O) groups is 1. The molecule has 0 saturated carbocycles. The van der Waals surface area contributed by atoms with Gasteiger partial charge in [-0.15, -0.1) is 0 Å². The number of hydrogen-bond donors (Lipinski definition) is 1. The maximum absolute atomic E-state index is 10.7. The second-order valence-electron chi connectivity index (χ2n) is 2.36. The van der Waals surface area contributed by atoms with E-state index < -0.39 is 6.09 Å². The second-order valence-corrected chi connectivity index (χ2v) is 3.27. The lowest BCUT2D eigenvalue weighted by atomic mass is 10.4. The third kappa shape index (κ3) is 2.42. The van der Waals surface area contributed by atoms with Gasteiger partial charge in [-0.05, 0) is 19.1 Å². The molecular weight excluding hydrogens is 236 g/mol. The smallest absolute Gasteiger partial charge is 0.412 e. The summed E-state index contributed by atoms with van der Waals surface area (Å²) in [4.78, 5) is 15.8. The van der Waals surface area contributed by atoms with Crippen LogP contribution in [-0.2, 0) is 0 Å². The van der Waals surface area contributed by atoms with Crippen molar-refractivity contribution < 1.29 is 9.90 Å². The van der Waals surface area contributed by atoms with Crippen LogP contribution < -0.4 is 4.90 Å². The first kappa shape index (κ1) is 9.98. The van der Waals surface area contributed by atoms with Crippen molar-refractivity contribution in [2.75, 3.05) is 11.4 Å². The molecule has 1 aromatic rings. The molecule has 0 saturated heterocycles. The van der Waals surface area contributed by atoms with E-state index in [2.05, 4.69) is 20.9 Å². The van der Waals surface area contributed by atoms with Crippen molar-refractivity contribution >= 4 is 27.8 Å². The molecule has 0 aliphatic carbocycles. The molecule has 1 rings (SSSR count). The minimum Gasteiger partial charge on any atom is -0.465 e. The number of aromatic nitrogens is 1. The van der Waals surface area contributed by atoms with E-state index in [1.165, 1.54) is 4.90 Å². The summed E-state index contributed by atoms with van der Waals surface area (Å²) in [6, 6.07) is 3.41. The molecule has 0 atom stereocenters. The first-order valence-electron chi connectivity index (χ1n) is 3.77. The molecule has 1 aromatic heterocycles. The Balaban J connectivity index is 2.98. The van der Waals surface area contributed by atoms with Crippen LogP contribution in [0, 0.1) is 0 Å². The van der Waals surface area contributed by atoms with Crippen molar-refractivity contribution in [3.8, 4) is 0 Å². The van der Waals surface area contributed by atoms with E-state index in [-0.39, 0.29) is 0 Å². The van der Waals surface area contributed by atoms with Gasteiger partial charge in [-0.1, -0.05) is 15.9 Å². The van der Waals surface area contributed by atoms with Crippen molar-refractivity contribution in [3.63, 3.8) is 0 Å². The molecule has 13 heavy (non-hydrogen) atoms. The van der Waals surface area contributed by atoms with Gasteiger partial charge in [0, 0.05) is 17.2 Å². The molecule has 4 nitrogen and oxygen atoms in total. The summed E-state index contributed by atoms with van der Waals surface area (Å²) in [5.41, 5.74) is 0. The van der Waals surface area contributed by atoms with E-state index in [1.54, 1.807) is 25.3 Å². The van der Waals surface area contributed by atoms with Crippen LogP contribution in [0.15, 0.2) is 22.8 Å². The Labute approximate surface area is 84.3 Å². The molecule has 0 aliphatic heterocycles. The number of hydrogen-bond acceptors (Lipinski definition) is 2. The average Bonchev–Trinajstić information content (AvgIpc) is 2.04. The van der Waals surface area contributed by atoms with Crippen LogP contribution in [-0.4, -0.2) is 22.7 Å². The van der Waals surface area contributed by atoms with Gasteiger partial charge < -0.3 is 5.11 Å². The Morgan fingerprint density at radius 2 is 2.46 bits per heavy atom. The van der Waals surface area contributed by atoms with Gasteiger partial charge in [0.2, 0.25) is 0 Å². The van der Waals surface area contributed by atoms with Crippen molar-refractivity contribution in [2.24, 2.45) is 0 Å². The third-order valence-corrected chi connectivity index (χ3v) is 2.02. The van der Waals surface area contributed by atoms with E-state index >= 15 is 0 Å². The van der Waals surface area contributed by atoms with Crippen LogP contribution in [0.1, 0.15) is 6.92 Å². The minimum atomic E-state index is -0.992. The zero-order chi connectivity index (χ0) is 9.84. The molecule has 0 aromatic carbocycles.